The van der Waals surface area contributed by atoms with Gasteiger partial charge in [0.05, 0.1) is 12.1 Å². The Kier molecular flexibility index (Phi) is 5.83. The van der Waals surface area contributed by atoms with Crippen molar-refractivity contribution in [2.75, 3.05) is 23.7 Å². The minimum absolute atomic E-state index is 0.0950. The van der Waals surface area contributed by atoms with Gasteiger partial charge in [0, 0.05) is 26.1 Å². The molecular weight excluding hydrogens is 426 g/mol. The average molecular weight is 450 g/mol. The normalized spacial score (nSPS) is 17.6. The third-order valence-corrected chi connectivity index (χ3v) is 6.54. The fraction of sp³-hybridized carbons (Fsp3) is 0.304. The molecule has 2 aromatic carbocycles. The lowest BCUT2D eigenvalue weighted by molar-refractivity contribution is -0.128. The fourth-order valence-corrected chi connectivity index (χ4v) is 4.71. The minimum Gasteiger partial charge on any atom is -0.478 e. The Labute approximate surface area is 189 Å². The van der Waals surface area contributed by atoms with Gasteiger partial charge in [0.2, 0.25) is 11.0 Å². The van der Waals surface area contributed by atoms with Crippen molar-refractivity contribution < 1.29 is 14.3 Å². The number of rotatable bonds is 6. The van der Waals surface area contributed by atoms with Crippen LogP contribution in [0.3, 0.4) is 0 Å². The number of hydrogen-bond acceptors (Lipinski definition) is 7. The number of aromatic nitrogens is 2. The number of carbonyl (C=O) groups excluding carboxylic acids is 2. The monoisotopic (exact) mass is 449 g/mol. The van der Waals surface area contributed by atoms with Crippen molar-refractivity contribution in [1.29, 1.82) is 0 Å². The first kappa shape index (κ1) is 20.6. The Morgan fingerprint density at radius 1 is 1.16 bits per heavy atom. The Morgan fingerprint density at radius 2 is 1.97 bits per heavy atom. The van der Waals surface area contributed by atoms with Crippen molar-refractivity contribution in [3.63, 3.8) is 0 Å². The smallest absolute Gasteiger partial charge is 0.266 e. The van der Waals surface area contributed by atoms with Crippen molar-refractivity contribution in [3.05, 3.63) is 64.7 Å². The van der Waals surface area contributed by atoms with Gasteiger partial charge in [0.25, 0.3) is 5.91 Å². The summed E-state index contributed by atoms with van der Waals surface area (Å²) in [5.41, 5.74) is 3.43. The summed E-state index contributed by atoms with van der Waals surface area (Å²) in [6.07, 6.45) is 0.872. The quantitative estimate of drug-likeness (QED) is 0.601. The van der Waals surface area contributed by atoms with E-state index in [2.05, 4.69) is 50.0 Å². The van der Waals surface area contributed by atoms with E-state index in [1.54, 1.807) is 12.1 Å². The van der Waals surface area contributed by atoms with Gasteiger partial charge in [-0.05, 0) is 29.7 Å². The van der Waals surface area contributed by atoms with E-state index in [0.29, 0.717) is 16.6 Å². The van der Waals surface area contributed by atoms with Crippen LogP contribution in [-0.2, 0) is 29.0 Å². The van der Waals surface area contributed by atoms with E-state index in [1.165, 1.54) is 22.5 Å². The molecule has 2 N–H and O–H groups in total. The topological polar surface area (TPSA) is 96.4 Å². The van der Waals surface area contributed by atoms with Crippen LogP contribution >= 0.6 is 11.3 Å². The summed E-state index contributed by atoms with van der Waals surface area (Å²) < 4.78 is 5.68. The second kappa shape index (κ2) is 9.05. The number of nitrogens with zero attached hydrogens (tertiary/aromatic N) is 3. The van der Waals surface area contributed by atoms with Gasteiger partial charge in [-0.15, -0.1) is 10.2 Å². The lowest BCUT2D eigenvalue weighted by Crippen LogP contribution is -2.39. The molecule has 9 heteroatoms. The first-order chi connectivity index (χ1) is 15.6. The molecule has 2 aliphatic heterocycles. The summed E-state index contributed by atoms with van der Waals surface area (Å²) in [4.78, 5) is 27.1. The summed E-state index contributed by atoms with van der Waals surface area (Å²) in [6, 6.07) is 15.7. The zero-order valence-electron chi connectivity index (χ0n) is 17.4. The van der Waals surface area contributed by atoms with E-state index >= 15 is 0 Å². The summed E-state index contributed by atoms with van der Waals surface area (Å²) in [6.45, 7) is 2.88. The second-order valence-corrected chi connectivity index (χ2v) is 8.95. The molecule has 3 heterocycles. The van der Waals surface area contributed by atoms with Crippen LogP contribution in [0.5, 0.6) is 5.75 Å². The molecule has 32 heavy (non-hydrogen) atoms. The van der Waals surface area contributed by atoms with Gasteiger partial charge in [-0.1, -0.05) is 47.7 Å². The summed E-state index contributed by atoms with van der Waals surface area (Å²) >= 11 is 1.36. The van der Waals surface area contributed by atoms with Gasteiger partial charge in [0.15, 0.2) is 6.10 Å². The van der Waals surface area contributed by atoms with Crippen molar-refractivity contribution in [3.8, 4) is 5.75 Å². The van der Waals surface area contributed by atoms with Crippen LogP contribution in [0.2, 0.25) is 0 Å². The third-order valence-electron chi connectivity index (χ3n) is 5.64. The molecule has 2 aliphatic rings. The molecule has 1 aromatic heterocycles. The number of carbonyl (C=O) groups is 2. The van der Waals surface area contributed by atoms with E-state index < -0.39 is 6.10 Å². The van der Waals surface area contributed by atoms with Gasteiger partial charge < -0.3 is 15.4 Å². The zero-order chi connectivity index (χ0) is 21.9. The van der Waals surface area contributed by atoms with Gasteiger partial charge in [0.1, 0.15) is 10.8 Å². The fourth-order valence-electron chi connectivity index (χ4n) is 3.97. The lowest BCUT2D eigenvalue weighted by atomic mass is 10.00. The highest BCUT2D eigenvalue weighted by Gasteiger charge is 2.29. The lowest BCUT2D eigenvalue weighted by Gasteiger charge is -2.28. The van der Waals surface area contributed by atoms with E-state index in [9.17, 15) is 9.59 Å². The van der Waals surface area contributed by atoms with E-state index in [-0.39, 0.29) is 18.2 Å². The average Bonchev–Trinajstić information content (AvgIpc) is 3.25. The van der Waals surface area contributed by atoms with Gasteiger partial charge in [-0.3, -0.25) is 14.5 Å². The molecule has 1 atom stereocenters. The Hall–Kier alpha value is -3.30. The van der Waals surface area contributed by atoms with Crippen LogP contribution in [0.4, 0.5) is 10.8 Å². The highest BCUT2D eigenvalue weighted by atomic mass is 32.1. The summed E-state index contributed by atoms with van der Waals surface area (Å²) in [5.74, 6) is -0.108. The summed E-state index contributed by atoms with van der Waals surface area (Å²) in [7, 11) is 0. The molecule has 164 valence electrons. The predicted molar refractivity (Wildman–Crippen MR) is 122 cm³/mol. The van der Waals surface area contributed by atoms with E-state index in [4.69, 9.17) is 4.74 Å². The van der Waals surface area contributed by atoms with E-state index in [0.717, 1.165) is 37.5 Å². The van der Waals surface area contributed by atoms with Crippen LogP contribution in [-0.4, -0.2) is 46.1 Å². The maximum atomic E-state index is 12.4. The second-order valence-electron chi connectivity index (χ2n) is 7.89. The van der Waals surface area contributed by atoms with Crippen molar-refractivity contribution >= 4 is 34.0 Å². The first-order valence-electron chi connectivity index (χ1n) is 10.6. The summed E-state index contributed by atoms with van der Waals surface area (Å²) in [5, 5.41) is 15.1. The molecular formula is C23H23N5O3S. The standard InChI is InChI=1S/C23H23N5O3S/c29-20(13-19-22(30)24-17-7-3-4-8-18(17)31-19)25-23-27-26-21(32-23)10-12-28-11-9-15-5-1-2-6-16(15)14-28/h1-8,19H,9-14H2,(H,24,30)(H,25,27,29). The number of benzene rings is 2. The third kappa shape index (κ3) is 4.63. The van der Waals surface area contributed by atoms with Crippen LogP contribution < -0.4 is 15.4 Å². The Balaban J connectivity index is 1.11. The number of para-hydroxylation sites is 2. The maximum absolute atomic E-state index is 12.4. The van der Waals surface area contributed by atoms with E-state index in [1.807, 2.05) is 12.1 Å². The number of ether oxygens (including phenoxy) is 1. The zero-order valence-corrected chi connectivity index (χ0v) is 18.2. The van der Waals surface area contributed by atoms with Crippen LogP contribution in [0, 0.1) is 0 Å². The molecule has 1 unspecified atom stereocenters. The molecule has 3 aromatic rings. The van der Waals surface area contributed by atoms with Crippen molar-refractivity contribution in [2.24, 2.45) is 0 Å². The number of fused-ring (bicyclic) bond motifs is 2. The molecule has 0 bridgehead atoms. The molecule has 0 radical (unpaired) electrons. The predicted octanol–water partition coefficient (Wildman–Crippen LogP) is 2.87. The molecule has 8 nitrogen and oxygen atoms in total. The maximum Gasteiger partial charge on any atom is 0.266 e. The van der Waals surface area contributed by atoms with Gasteiger partial charge in [-0.2, -0.15) is 0 Å². The molecule has 0 saturated heterocycles. The number of hydrogen-bond donors (Lipinski definition) is 2. The molecule has 0 saturated carbocycles. The highest BCUT2D eigenvalue weighted by Crippen LogP contribution is 2.29. The highest BCUT2D eigenvalue weighted by molar-refractivity contribution is 7.15. The number of anilines is 2. The minimum atomic E-state index is -0.876. The number of amides is 2. The SMILES string of the molecule is O=C(CC1Oc2ccccc2NC1=O)Nc1nnc(CCN2CCc3ccccc3C2)s1. The van der Waals surface area contributed by atoms with Crippen LogP contribution in [0.1, 0.15) is 22.6 Å². The molecule has 2 amide bonds. The molecule has 5 rings (SSSR count). The van der Waals surface area contributed by atoms with Crippen molar-refractivity contribution in [1.82, 2.24) is 15.1 Å². The first-order valence-corrected chi connectivity index (χ1v) is 11.4. The van der Waals surface area contributed by atoms with Gasteiger partial charge in [-0.25, -0.2) is 0 Å². The molecule has 0 spiro atoms. The Bertz CT molecular complexity index is 1150. The van der Waals surface area contributed by atoms with Crippen LogP contribution in [0.25, 0.3) is 0 Å². The largest absolute Gasteiger partial charge is 0.478 e. The molecule has 0 fully saturated rings. The molecule has 0 aliphatic carbocycles. The van der Waals surface area contributed by atoms with Crippen LogP contribution in [0.15, 0.2) is 48.5 Å². The van der Waals surface area contributed by atoms with Crippen molar-refractivity contribution in [2.45, 2.75) is 31.9 Å². The number of nitrogens with one attached hydrogen (secondary N) is 2. The Morgan fingerprint density at radius 3 is 2.88 bits per heavy atom. The van der Waals surface area contributed by atoms with Gasteiger partial charge >= 0.3 is 0 Å².